The first kappa shape index (κ1) is 71.1. The number of piperidine rings is 1. The minimum Gasteiger partial charge on any atom is -0.507 e. The molecule has 12 rings (SSSR count). The molecule has 8 unspecified atom stereocenters. The normalized spacial score (nSPS) is 24.9. The maximum absolute atomic E-state index is 14.3. The molecule has 1 saturated carbocycles. The van der Waals surface area contributed by atoms with Crippen molar-refractivity contribution in [3.05, 3.63) is 117 Å². The number of hydrogen-bond donors (Lipinski definition) is 6. The number of ketones is 2. The van der Waals surface area contributed by atoms with Gasteiger partial charge in [-0.25, -0.2) is 0 Å². The molecule has 4 saturated heterocycles. The largest absolute Gasteiger partial charge is 0.507 e. The van der Waals surface area contributed by atoms with Crippen molar-refractivity contribution in [1.29, 1.82) is 0 Å². The van der Waals surface area contributed by atoms with Crippen molar-refractivity contribution in [3.63, 3.8) is 0 Å². The van der Waals surface area contributed by atoms with Crippen LogP contribution in [0.3, 0.4) is 0 Å². The van der Waals surface area contributed by atoms with Crippen LogP contribution in [0.2, 0.25) is 0 Å². The standard InChI is InChI=1S/C73H90N6O20/c1-44-67-52(78-29-32-96-70(91-3)69(78)99-67)39-58(97-44)98-54-41-73(89,40-50-60(54)66(86)62-61(64(50)84)63(83)49-12-8-14-53(90-2)59(49)65(62)85)71(88)76-42-55(80)74-26-31-93-34-36-95-38-37-94-35-33-92-30-20-56(81)77-27-23-72(24-28-77)21-17-47(18-22-72)68(87)75-25-19-57(82)79-43-48-11-5-4-9-45(48)15-16-46-10-6-7-13-51(46)79/h4-16,44,47,52,54,58,67,69-70,84,86,89H,17-43H2,1-3H3,(H,74,80)(H,75,87)(H,76,88)/b16-15-. The third-order valence-corrected chi connectivity index (χ3v) is 20.7. The van der Waals surface area contributed by atoms with Crippen molar-refractivity contribution in [2.45, 2.75) is 133 Å². The molecule has 5 amide bonds. The van der Waals surface area contributed by atoms with Gasteiger partial charge in [0.2, 0.25) is 29.4 Å². The highest BCUT2D eigenvalue weighted by Gasteiger charge is 2.56. The first-order chi connectivity index (χ1) is 48.0. The van der Waals surface area contributed by atoms with E-state index in [-0.39, 0.29) is 122 Å². The fraction of sp³-hybridized carbons (Fsp3) is 0.548. The monoisotopic (exact) mass is 1370 g/mol. The summed E-state index contributed by atoms with van der Waals surface area (Å²) in [6, 6.07) is 20.1. The smallest absolute Gasteiger partial charge is 0.252 e. The van der Waals surface area contributed by atoms with Gasteiger partial charge in [0, 0.05) is 94.2 Å². The van der Waals surface area contributed by atoms with E-state index in [2.05, 4.69) is 33.0 Å². The first-order valence-electron chi connectivity index (χ1n) is 34.5. The number of morpholine rings is 1. The first-order valence-corrected chi connectivity index (χ1v) is 34.5. The van der Waals surface area contributed by atoms with Gasteiger partial charge >= 0.3 is 0 Å². The minimum atomic E-state index is -2.39. The van der Waals surface area contributed by atoms with Crippen molar-refractivity contribution in [2.75, 3.05) is 118 Å². The zero-order valence-electron chi connectivity index (χ0n) is 56.3. The number of phenols is 2. The van der Waals surface area contributed by atoms with Gasteiger partial charge in [-0.15, -0.1) is 0 Å². The second-order valence-electron chi connectivity index (χ2n) is 26.7. The fourth-order valence-corrected chi connectivity index (χ4v) is 15.4. The number of anilines is 1. The molecule has 5 fully saturated rings. The maximum Gasteiger partial charge on any atom is 0.252 e. The Morgan fingerprint density at radius 3 is 2.12 bits per heavy atom. The van der Waals surface area contributed by atoms with Gasteiger partial charge in [-0.3, -0.25) is 38.5 Å². The number of carbonyl (C=O) groups excluding carboxylic acids is 7. The molecule has 26 nitrogen and oxygen atoms in total. The Bertz CT molecular complexity index is 3660. The molecular formula is C73H90N6O20. The number of rotatable bonds is 26. The summed E-state index contributed by atoms with van der Waals surface area (Å²) in [5.41, 5.74) is 0.243. The fourth-order valence-electron chi connectivity index (χ4n) is 15.4. The van der Waals surface area contributed by atoms with Crippen LogP contribution in [0.4, 0.5) is 5.69 Å². The molecule has 4 aromatic carbocycles. The van der Waals surface area contributed by atoms with E-state index in [0.29, 0.717) is 59.2 Å². The van der Waals surface area contributed by atoms with Crippen LogP contribution in [0.25, 0.3) is 12.2 Å². The van der Waals surface area contributed by atoms with Crippen LogP contribution in [0.1, 0.15) is 137 Å². The predicted molar refractivity (Wildman–Crippen MR) is 356 cm³/mol. The lowest BCUT2D eigenvalue weighted by atomic mass is 9.65. The highest BCUT2D eigenvalue weighted by atomic mass is 16.7. The second-order valence-corrected chi connectivity index (χ2v) is 26.7. The lowest BCUT2D eigenvalue weighted by Crippen LogP contribution is -2.55. The number of carbonyl (C=O) groups is 7. The van der Waals surface area contributed by atoms with Crippen LogP contribution in [0, 0.1) is 11.3 Å². The van der Waals surface area contributed by atoms with Crippen LogP contribution >= 0.6 is 0 Å². The van der Waals surface area contributed by atoms with Gasteiger partial charge < -0.3 is 88.4 Å². The average molecular weight is 1370 g/mol. The lowest BCUT2D eigenvalue weighted by Gasteiger charge is -2.45. The van der Waals surface area contributed by atoms with Gasteiger partial charge in [0.05, 0.1) is 121 Å². The van der Waals surface area contributed by atoms with Crippen LogP contribution in [0.5, 0.6) is 17.2 Å². The number of phenolic OH excluding ortho intramolecular Hbond substituents is 2. The van der Waals surface area contributed by atoms with E-state index >= 15 is 0 Å². The van der Waals surface area contributed by atoms with Gasteiger partial charge in [0.1, 0.15) is 29.0 Å². The molecule has 8 aliphatic rings. The molecule has 3 aliphatic carbocycles. The van der Waals surface area contributed by atoms with Crippen LogP contribution in [-0.4, -0.2) is 222 Å². The Kier molecular flexibility index (Phi) is 22.9. The Morgan fingerprint density at radius 2 is 1.38 bits per heavy atom. The Morgan fingerprint density at radius 1 is 0.697 bits per heavy atom. The number of amides is 5. The third kappa shape index (κ3) is 15.6. The number of aliphatic hydroxyl groups is 1. The average Bonchev–Trinajstić information content (AvgIpc) is 1.21. The van der Waals surface area contributed by atoms with Crippen LogP contribution in [0.15, 0.2) is 66.7 Å². The number of benzene rings is 4. The summed E-state index contributed by atoms with van der Waals surface area (Å²) in [5.74, 6) is -4.54. The molecule has 4 aromatic rings. The summed E-state index contributed by atoms with van der Waals surface area (Å²) in [5, 5.41) is 44.7. The maximum atomic E-state index is 14.3. The molecule has 26 heteroatoms. The van der Waals surface area contributed by atoms with Crippen LogP contribution in [-0.2, 0) is 79.6 Å². The lowest BCUT2D eigenvalue weighted by molar-refractivity contribution is -0.256. The molecule has 532 valence electrons. The molecule has 0 radical (unpaired) electrons. The number of nitrogens with one attached hydrogen (secondary N) is 3. The zero-order valence-corrected chi connectivity index (χ0v) is 56.3. The van der Waals surface area contributed by atoms with Gasteiger partial charge in [-0.1, -0.05) is 66.7 Å². The number of likely N-dealkylation sites (tertiary alicyclic amines) is 1. The molecule has 0 aromatic heterocycles. The summed E-state index contributed by atoms with van der Waals surface area (Å²) in [6.45, 7) is 6.54. The van der Waals surface area contributed by atoms with Crippen LogP contribution < -0.4 is 25.6 Å². The van der Waals surface area contributed by atoms with Gasteiger partial charge in [-0.2, -0.15) is 0 Å². The molecule has 0 bridgehead atoms. The zero-order chi connectivity index (χ0) is 69.4. The molecule has 5 heterocycles. The molecule has 99 heavy (non-hydrogen) atoms. The Labute approximate surface area is 574 Å². The molecule has 8 atom stereocenters. The molecule has 6 N–H and O–H groups in total. The minimum absolute atomic E-state index is 0.0100. The number of ether oxygens (including phenoxy) is 10. The number of para-hydroxylation sites is 1. The summed E-state index contributed by atoms with van der Waals surface area (Å²) in [4.78, 5) is 102. The highest BCUT2D eigenvalue weighted by molar-refractivity contribution is 6.31. The van der Waals surface area contributed by atoms with Crippen molar-refractivity contribution in [3.8, 4) is 17.2 Å². The van der Waals surface area contributed by atoms with E-state index in [1.165, 1.54) is 32.4 Å². The van der Waals surface area contributed by atoms with Gasteiger partial charge in [0.25, 0.3) is 5.91 Å². The Balaban J connectivity index is 0.509. The van der Waals surface area contributed by atoms with E-state index in [1.807, 2.05) is 65.3 Å². The van der Waals surface area contributed by atoms with Crippen molar-refractivity contribution >= 4 is 58.9 Å². The summed E-state index contributed by atoms with van der Waals surface area (Å²) in [6.07, 6.45) is 4.43. The molecule has 1 spiro atoms. The summed E-state index contributed by atoms with van der Waals surface area (Å²) >= 11 is 0. The number of aromatic hydroxyl groups is 2. The second kappa shape index (κ2) is 31.9. The van der Waals surface area contributed by atoms with Crippen molar-refractivity contribution in [1.82, 2.24) is 25.8 Å². The topological polar surface area (TPSA) is 318 Å². The highest BCUT2D eigenvalue weighted by Crippen LogP contribution is 2.53. The number of fused-ring (bicyclic) bond motifs is 8. The van der Waals surface area contributed by atoms with Gasteiger partial charge in [-0.05, 0) is 79.7 Å². The molecular weight excluding hydrogens is 1280 g/mol. The van der Waals surface area contributed by atoms with Crippen molar-refractivity contribution < 1.29 is 96.2 Å². The molecule has 5 aliphatic heterocycles. The van der Waals surface area contributed by atoms with E-state index in [0.717, 1.165) is 60.9 Å². The van der Waals surface area contributed by atoms with E-state index in [9.17, 15) is 48.9 Å². The van der Waals surface area contributed by atoms with E-state index in [4.69, 9.17) is 47.4 Å². The van der Waals surface area contributed by atoms with E-state index in [1.54, 1.807) is 0 Å². The third-order valence-electron chi connectivity index (χ3n) is 20.7. The predicted octanol–water partition coefficient (Wildman–Crippen LogP) is 4.86. The number of nitrogens with zero attached hydrogens (tertiary/aromatic N) is 3. The summed E-state index contributed by atoms with van der Waals surface area (Å²) < 4.78 is 58.6. The number of methoxy groups -OCH3 is 2. The van der Waals surface area contributed by atoms with E-state index < -0.39 is 108 Å². The summed E-state index contributed by atoms with van der Waals surface area (Å²) in [7, 11) is 2.86. The Hall–Kier alpha value is -7.73. The van der Waals surface area contributed by atoms with Crippen molar-refractivity contribution in [2.24, 2.45) is 11.3 Å². The number of hydrogen-bond acceptors (Lipinski definition) is 21. The van der Waals surface area contributed by atoms with Gasteiger partial charge in [0.15, 0.2) is 24.6 Å². The SMILES string of the molecule is COc1cccc2c1C(=O)c1c(O)c3c(c(O)c1C2=O)CC(O)(C(=O)NCC(=O)NCCOCCOCCOCCOCCC(=O)N1CCC2(CCC(C(=O)NCCC(=O)N4Cc5ccccc5/C=C\c5ccccc54)CC2)CC1)CC3OC1CC2C(OC3C(OC)OCCN23)C(C)O1. The quantitative estimate of drug-likeness (QED) is 0.0318.